The molecule has 350 valence electrons. The van der Waals surface area contributed by atoms with Crippen LogP contribution in [0.2, 0.25) is 0 Å². The summed E-state index contributed by atoms with van der Waals surface area (Å²) in [6.45, 7) is 13.6. The Kier molecular flexibility index (Phi) is 14.4. The minimum Gasteiger partial charge on any atom is -0.464 e. The van der Waals surface area contributed by atoms with Gasteiger partial charge in [0.2, 0.25) is 17.7 Å². The van der Waals surface area contributed by atoms with Crippen LogP contribution in [0.4, 0.5) is 0 Å². The summed E-state index contributed by atoms with van der Waals surface area (Å²) >= 11 is 1.35. The number of carbonyl (C=O) groups is 6. The molecule has 3 aliphatic heterocycles. The van der Waals surface area contributed by atoms with E-state index >= 15 is 0 Å². The van der Waals surface area contributed by atoms with Crippen LogP contribution in [0.1, 0.15) is 94.9 Å². The van der Waals surface area contributed by atoms with Crippen molar-refractivity contribution in [1.82, 2.24) is 40.1 Å². The van der Waals surface area contributed by atoms with Crippen molar-refractivity contribution in [2.75, 3.05) is 40.4 Å². The number of hydrogen-bond donors (Lipinski definition) is 2. The molecule has 7 rings (SSSR count). The van der Waals surface area contributed by atoms with E-state index in [1.807, 2.05) is 70.3 Å². The van der Waals surface area contributed by atoms with Crippen molar-refractivity contribution in [2.24, 2.45) is 17.3 Å². The van der Waals surface area contributed by atoms with Gasteiger partial charge in [-0.05, 0) is 81.2 Å². The van der Waals surface area contributed by atoms with Crippen molar-refractivity contribution < 1.29 is 38.2 Å². The number of carbonyl (C=O) groups excluding carboxylic acids is 6. The van der Waals surface area contributed by atoms with Gasteiger partial charge in [0.05, 0.1) is 46.2 Å². The molecule has 0 aliphatic carbocycles. The maximum Gasteiger partial charge on any atom is 0.324 e. The molecule has 0 radical (unpaired) electrons. The normalized spacial score (nSPS) is 20.8. The molecule has 0 spiro atoms. The van der Waals surface area contributed by atoms with Crippen LogP contribution in [0.15, 0.2) is 41.9 Å². The first-order valence-electron chi connectivity index (χ1n) is 22.6. The fraction of sp³-hybridized carbons (Fsp3) is 0.510. The first-order valence-corrected chi connectivity index (χ1v) is 23.4. The summed E-state index contributed by atoms with van der Waals surface area (Å²) in [5.74, 6) is 2.01. The number of hydrazine groups is 1. The minimum absolute atomic E-state index is 0.0250. The van der Waals surface area contributed by atoms with Crippen molar-refractivity contribution in [3.8, 4) is 34.4 Å². The van der Waals surface area contributed by atoms with Gasteiger partial charge < -0.3 is 24.6 Å². The van der Waals surface area contributed by atoms with E-state index in [4.69, 9.17) is 19.4 Å². The van der Waals surface area contributed by atoms with Crippen LogP contribution in [-0.4, -0.2) is 123 Å². The standard InChI is InChI=1S/C49H60N8O8S/c1-10-13-41(59)55-21-18-32(25-55)46(61)54(8)43(28(2)3)45(60)52-37-23-40-51-38(26-66-40)31-16-17-39-34(22-31)35(44(57(39)30(5)58)33-14-11-19-50-42(33)29(4)64-9)24-49(6,7)27-65-48(63)36-15-12-20-56(53-36)47(37)62/h11,14,16-17,19,22,26,28-29,32,36-37,43,53H,12,15,18,20-21,23-25,27H2,1-9H3,(H,52,60)/t29-,32-,36-,37-,43-/m0/s1. The van der Waals surface area contributed by atoms with Crippen molar-refractivity contribution in [2.45, 2.75) is 105 Å². The van der Waals surface area contributed by atoms with Crippen LogP contribution < -0.4 is 10.7 Å². The predicted molar refractivity (Wildman–Crippen MR) is 249 cm³/mol. The first-order chi connectivity index (χ1) is 31.4. The zero-order valence-corrected chi connectivity index (χ0v) is 40.0. The van der Waals surface area contributed by atoms with E-state index in [0.29, 0.717) is 59.8 Å². The minimum atomic E-state index is -1.13. The number of fused-ring (bicyclic) bond motifs is 6. The summed E-state index contributed by atoms with van der Waals surface area (Å²) in [5.41, 5.74) is 7.58. The molecule has 0 unspecified atom stereocenters. The number of ether oxygens (including phenoxy) is 2. The third kappa shape index (κ3) is 9.91. The number of nitrogens with one attached hydrogen (secondary N) is 2. The van der Waals surface area contributed by atoms with Gasteiger partial charge in [-0.15, -0.1) is 11.3 Å². The van der Waals surface area contributed by atoms with Gasteiger partial charge in [-0.3, -0.25) is 43.3 Å². The molecule has 6 bridgehead atoms. The molecule has 3 aliphatic rings. The number of esters is 1. The fourth-order valence-corrected chi connectivity index (χ4v) is 10.3. The number of aromatic nitrogens is 3. The van der Waals surface area contributed by atoms with Crippen LogP contribution in [-0.2, 0) is 46.3 Å². The number of cyclic esters (lactones) is 1. The monoisotopic (exact) mass is 920 g/mol. The zero-order valence-electron chi connectivity index (χ0n) is 39.2. The van der Waals surface area contributed by atoms with Crippen molar-refractivity contribution in [3.63, 3.8) is 0 Å². The van der Waals surface area contributed by atoms with Gasteiger partial charge in [0, 0.05) is 80.6 Å². The SMILES string of the molecule is CC#CC(=O)N1CC[C@H](C(=O)N(C)[C@H](C(=O)N[C@H]2Cc3nc(cs3)-c3ccc4c(c3)c(c(-c3cccnc3[C@H](C)OC)n4C(C)=O)CC(C)(C)COC(=O)[C@@H]3CCCN(N3)C2=O)C(C)C)C1. The van der Waals surface area contributed by atoms with Gasteiger partial charge in [-0.1, -0.05) is 39.7 Å². The number of amides is 4. The van der Waals surface area contributed by atoms with Gasteiger partial charge in [0.1, 0.15) is 18.1 Å². The number of methoxy groups -OCH3 is 1. The van der Waals surface area contributed by atoms with Crippen LogP contribution in [0, 0.1) is 29.1 Å². The first kappa shape index (κ1) is 48.0. The summed E-state index contributed by atoms with van der Waals surface area (Å²) in [7, 11) is 3.20. The van der Waals surface area contributed by atoms with Gasteiger partial charge in [0.25, 0.3) is 11.8 Å². The highest BCUT2D eigenvalue weighted by molar-refractivity contribution is 7.10. The molecule has 2 fully saturated rings. The Balaban J connectivity index is 1.27. The predicted octanol–water partition coefficient (Wildman–Crippen LogP) is 5.20. The summed E-state index contributed by atoms with van der Waals surface area (Å²) < 4.78 is 13.5. The summed E-state index contributed by atoms with van der Waals surface area (Å²) in [5, 5.41) is 7.68. The van der Waals surface area contributed by atoms with Gasteiger partial charge in [-0.2, -0.15) is 0 Å². The Morgan fingerprint density at radius 2 is 1.88 bits per heavy atom. The smallest absolute Gasteiger partial charge is 0.324 e. The van der Waals surface area contributed by atoms with E-state index in [1.165, 1.54) is 28.2 Å². The molecular weight excluding hydrogens is 861 g/mol. The number of hydrogen-bond acceptors (Lipinski definition) is 12. The van der Waals surface area contributed by atoms with Crippen molar-refractivity contribution >= 4 is 57.7 Å². The molecule has 66 heavy (non-hydrogen) atoms. The number of thiazole rings is 1. The van der Waals surface area contributed by atoms with E-state index < -0.39 is 47.2 Å². The second kappa shape index (κ2) is 19.9. The molecule has 2 saturated heterocycles. The van der Waals surface area contributed by atoms with Crippen molar-refractivity contribution in [3.05, 3.63) is 58.2 Å². The van der Waals surface area contributed by atoms with Gasteiger partial charge in [0.15, 0.2) is 0 Å². The van der Waals surface area contributed by atoms with Crippen LogP contribution in [0.5, 0.6) is 0 Å². The maximum atomic E-state index is 14.6. The second-order valence-corrected chi connectivity index (χ2v) is 19.6. The van der Waals surface area contributed by atoms with E-state index in [-0.39, 0.29) is 55.9 Å². The van der Waals surface area contributed by atoms with E-state index in [9.17, 15) is 28.8 Å². The fourth-order valence-electron chi connectivity index (χ4n) is 9.41. The molecule has 5 atom stereocenters. The van der Waals surface area contributed by atoms with Crippen molar-refractivity contribution in [1.29, 1.82) is 0 Å². The Bertz CT molecular complexity index is 2610. The number of nitrogens with zero attached hydrogens (tertiary/aromatic N) is 6. The average Bonchev–Trinajstić information content (AvgIpc) is 4.05. The Hall–Kier alpha value is -5.96. The number of rotatable bonds is 8. The summed E-state index contributed by atoms with van der Waals surface area (Å²) in [6.07, 6.45) is 3.14. The van der Waals surface area contributed by atoms with Crippen LogP contribution >= 0.6 is 11.3 Å². The molecule has 2 N–H and O–H groups in total. The number of likely N-dealkylation sites (tertiary alicyclic amines) is 1. The van der Waals surface area contributed by atoms with E-state index in [2.05, 4.69) is 22.6 Å². The van der Waals surface area contributed by atoms with Crippen LogP contribution in [0.25, 0.3) is 33.4 Å². The lowest BCUT2D eigenvalue weighted by atomic mass is 9.84. The largest absolute Gasteiger partial charge is 0.464 e. The lowest BCUT2D eigenvalue weighted by Gasteiger charge is -2.36. The van der Waals surface area contributed by atoms with E-state index in [1.54, 1.807) is 36.7 Å². The summed E-state index contributed by atoms with van der Waals surface area (Å²) in [4.78, 5) is 95.7. The highest BCUT2D eigenvalue weighted by Crippen LogP contribution is 2.42. The van der Waals surface area contributed by atoms with E-state index in [0.717, 1.165) is 22.1 Å². The quantitative estimate of drug-likeness (QED) is 0.175. The average molecular weight is 921 g/mol. The molecule has 0 saturated carbocycles. The summed E-state index contributed by atoms with van der Waals surface area (Å²) in [6, 6.07) is 6.73. The maximum absolute atomic E-state index is 14.6. The Morgan fingerprint density at radius 1 is 1.11 bits per heavy atom. The molecule has 6 heterocycles. The molecule has 4 aromatic rings. The third-order valence-electron chi connectivity index (χ3n) is 12.8. The second-order valence-electron chi connectivity index (χ2n) is 18.6. The zero-order chi connectivity index (χ0) is 47.6. The van der Waals surface area contributed by atoms with Gasteiger partial charge in [-0.25, -0.2) is 10.4 Å². The molecular formula is C49H60N8O8S. The molecule has 16 nitrogen and oxygen atoms in total. The lowest BCUT2D eigenvalue weighted by Crippen LogP contribution is -2.62. The highest BCUT2D eigenvalue weighted by Gasteiger charge is 2.40. The molecule has 17 heteroatoms. The Morgan fingerprint density at radius 3 is 2.59 bits per heavy atom. The topological polar surface area (TPSA) is 185 Å². The van der Waals surface area contributed by atoms with Crippen LogP contribution in [0.3, 0.4) is 0 Å². The Labute approximate surface area is 389 Å². The highest BCUT2D eigenvalue weighted by atomic mass is 32.1. The molecule has 1 aromatic carbocycles. The number of likely N-dealkylation sites (N-methyl/N-ethyl adjacent to an activating group) is 1. The molecule has 4 amide bonds. The lowest BCUT2D eigenvalue weighted by molar-refractivity contribution is -0.155. The third-order valence-corrected chi connectivity index (χ3v) is 13.7. The number of pyridine rings is 1. The van der Waals surface area contributed by atoms with Gasteiger partial charge >= 0.3 is 5.97 Å². The molecule has 3 aromatic heterocycles. The number of benzene rings is 1.